The lowest BCUT2D eigenvalue weighted by atomic mass is 9.99. The molecule has 1 saturated heterocycles. The summed E-state index contributed by atoms with van der Waals surface area (Å²) in [7, 11) is 0. The van der Waals surface area contributed by atoms with Crippen molar-refractivity contribution in [2.24, 2.45) is 0 Å². The molecular formula is C9H16N2O. The predicted octanol–water partition coefficient (Wildman–Crippen LogP) is 1.43. The minimum absolute atomic E-state index is 0.0161. The van der Waals surface area contributed by atoms with E-state index in [9.17, 15) is 4.79 Å². The number of nitrogens with zero attached hydrogens (tertiary/aromatic N) is 1. The summed E-state index contributed by atoms with van der Waals surface area (Å²) in [6.07, 6.45) is 0.914. The highest BCUT2D eigenvalue weighted by Gasteiger charge is 2.28. The van der Waals surface area contributed by atoms with Gasteiger partial charge in [0.1, 0.15) is 11.6 Å². The van der Waals surface area contributed by atoms with E-state index in [4.69, 9.17) is 5.41 Å². The van der Waals surface area contributed by atoms with Gasteiger partial charge < -0.3 is 4.90 Å². The van der Waals surface area contributed by atoms with Crippen molar-refractivity contribution in [3.63, 3.8) is 0 Å². The number of hydrogen-bond donors (Lipinski definition) is 1. The van der Waals surface area contributed by atoms with E-state index in [-0.39, 0.29) is 11.3 Å². The molecule has 0 bridgehead atoms. The first kappa shape index (κ1) is 9.23. The monoisotopic (exact) mass is 168 g/mol. The van der Waals surface area contributed by atoms with Crippen molar-refractivity contribution < 1.29 is 4.79 Å². The largest absolute Gasteiger partial charge is 0.355 e. The molecular weight excluding hydrogens is 152 g/mol. The summed E-state index contributed by atoms with van der Waals surface area (Å²) in [6, 6.07) is 0. The van der Waals surface area contributed by atoms with Crippen molar-refractivity contribution >= 4 is 11.6 Å². The van der Waals surface area contributed by atoms with Crippen LogP contribution in [0.15, 0.2) is 0 Å². The highest BCUT2D eigenvalue weighted by atomic mass is 16.1. The van der Waals surface area contributed by atoms with Crippen LogP contribution in [0.3, 0.4) is 0 Å². The molecule has 3 heteroatoms. The maximum absolute atomic E-state index is 11.0. The van der Waals surface area contributed by atoms with Gasteiger partial charge >= 0.3 is 0 Å². The minimum Gasteiger partial charge on any atom is -0.355 e. The van der Waals surface area contributed by atoms with Crippen LogP contribution in [0.5, 0.6) is 0 Å². The van der Waals surface area contributed by atoms with Crippen LogP contribution in [0.4, 0.5) is 0 Å². The van der Waals surface area contributed by atoms with E-state index < -0.39 is 0 Å². The summed E-state index contributed by atoms with van der Waals surface area (Å²) in [5.74, 6) is 0.666. The third-order valence-electron chi connectivity index (χ3n) is 2.11. The molecule has 1 fully saturated rings. The van der Waals surface area contributed by atoms with Gasteiger partial charge in [-0.05, 0) is 20.8 Å². The van der Waals surface area contributed by atoms with Gasteiger partial charge in [-0.15, -0.1) is 0 Å². The van der Waals surface area contributed by atoms with Gasteiger partial charge in [0.25, 0.3) is 0 Å². The molecule has 0 aromatic carbocycles. The predicted molar refractivity (Wildman–Crippen MR) is 48.4 cm³/mol. The lowest BCUT2D eigenvalue weighted by Crippen LogP contribution is -2.49. The molecule has 0 amide bonds. The van der Waals surface area contributed by atoms with Gasteiger partial charge in [-0.25, -0.2) is 0 Å². The van der Waals surface area contributed by atoms with Crippen LogP contribution in [0.25, 0.3) is 0 Å². The molecule has 0 spiro atoms. The molecule has 0 atom stereocenters. The quantitative estimate of drug-likeness (QED) is 0.594. The number of nitrogens with one attached hydrogen (secondary N) is 1. The van der Waals surface area contributed by atoms with Crippen LogP contribution < -0.4 is 0 Å². The van der Waals surface area contributed by atoms with Gasteiger partial charge in [-0.1, -0.05) is 0 Å². The van der Waals surface area contributed by atoms with Gasteiger partial charge in [-0.2, -0.15) is 0 Å². The number of rotatable bonds is 0. The summed E-state index contributed by atoms with van der Waals surface area (Å²) in [5, 5.41) is 7.64. The van der Waals surface area contributed by atoms with Crippen LogP contribution in [-0.4, -0.2) is 28.6 Å². The lowest BCUT2D eigenvalue weighted by molar-refractivity contribution is -0.119. The second-order valence-electron chi connectivity index (χ2n) is 4.23. The first-order chi connectivity index (χ1) is 5.41. The fraction of sp³-hybridized carbons (Fsp3) is 0.778. The summed E-state index contributed by atoms with van der Waals surface area (Å²) < 4.78 is 0. The molecule has 0 aromatic heterocycles. The van der Waals surface area contributed by atoms with Crippen LogP contribution in [0.1, 0.15) is 33.6 Å². The topological polar surface area (TPSA) is 44.2 Å². The average Bonchev–Trinajstić information content (AvgIpc) is 1.83. The lowest BCUT2D eigenvalue weighted by Gasteiger charge is -2.39. The van der Waals surface area contributed by atoms with Crippen LogP contribution in [-0.2, 0) is 4.79 Å². The zero-order valence-corrected chi connectivity index (χ0v) is 7.98. The van der Waals surface area contributed by atoms with Crippen molar-refractivity contribution in [1.29, 1.82) is 5.41 Å². The third kappa shape index (κ3) is 1.84. The number of piperidine rings is 1. The summed E-state index contributed by atoms with van der Waals surface area (Å²) >= 11 is 0. The van der Waals surface area contributed by atoms with Gasteiger partial charge in [0.05, 0.1) is 6.42 Å². The Balaban J connectivity index is 2.69. The van der Waals surface area contributed by atoms with E-state index >= 15 is 0 Å². The molecule has 0 radical (unpaired) electrons. The first-order valence-electron chi connectivity index (χ1n) is 4.28. The third-order valence-corrected chi connectivity index (χ3v) is 2.11. The Morgan fingerprint density at radius 1 is 1.42 bits per heavy atom. The Labute approximate surface area is 73.3 Å². The Bertz CT molecular complexity index is 215. The normalized spacial score (nSPS) is 20.1. The Morgan fingerprint density at radius 2 is 2.00 bits per heavy atom. The molecule has 0 aromatic rings. The molecule has 0 unspecified atom stereocenters. The Kier molecular flexibility index (Phi) is 2.22. The molecule has 0 aliphatic carbocycles. The van der Waals surface area contributed by atoms with E-state index in [0.717, 1.165) is 0 Å². The van der Waals surface area contributed by atoms with Gasteiger partial charge in [-0.3, -0.25) is 10.2 Å². The number of amidine groups is 1. The fourth-order valence-corrected chi connectivity index (χ4v) is 1.48. The zero-order chi connectivity index (χ0) is 9.35. The highest BCUT2D eigenvalue weighted by molar-refractivity contribution is 6.01. The van der Waals surface area contributed by atoms with E-state index in [1.807, 2.05) is 4.90 Å². The average molecular weight is 168 g/mol. The second-order valence-corrected chi connectivity index (χ2v) is 4.23. The maximum atomic E-state index is 11.0. The van der Waals surface area contributed by atoms with E-state index in [2.05, 4.69) is 20.8 Å². The number of hydrogen-bond acceptors (Lipinski definition) is 2. The molecule has 12 heavy (non-hydrogen) atoms. The Morgan fingerprint density at radius 3 is 2.42 bits per heavy atom. The standard InChI is InChI=1S/C9H16N2O/c1-9(2,3)11-5-4-7(12)6-8(11)10/h10H,4-6H2,1-3H3. The highest BCUT2D eigenvalue weighted by Crippen LogP contribution is 2.19. The molecule has 0 saturated carbocycles. The van der Waals surface area contributed by atoms with Crippen molar-refractivity contribution in [1.82, 2.24) is 4.90 Å². The molecule has 1 heterocycles. The molecule has 1 N–H and O–H groups in total. The molecule has 1 aliphatic heterocycles. The minimum atomic E-state index is -0.0161. The molecule has 68 valence electrons. The number of ketones is 1. The smallest absolute Gasteiger partial charge is 0.142 e. The second kappa shape index (κ2) is 2.88. The van der Waals surface area contributed by atoms with Crippen LogP contribution in [0, 0.1) is 5.41 Å². The van der Waals surface area contributed by atoms with Gasteiger partial charge in [0, 0.05) is 18.5 Å². The molecule has 3 nitrogen and oxygen atoms in total. The summed E-state index contributed by atoms with van der Waals surface area (Å²) in [4.78, 5) is 13.0. The van der Waals surface area contributed by atoms with Gasteiger partial charge in [0.2, 0.25) is 0 Å². The van der Waals surface area contributed by atoms with Crippen molar-refractivity contribution in [2.45, 2.75) is 39.2 Å². The van der Waals surface area contributed by atoms with Crippen LogP contribution in [0.2, 0.25) is 0 Å². The fourth-order valence-electron chi connectivity index (χ4n) is 1.48. The van der Waals surface area contributed by atoms with Crippen molar-refractivity contribution in [3.8, 4) is 0 Å². The van der Waals surface area contributed by atoms with E-state index in [0.29, 0.717) is 25.2 Å². The summed E-state index contributed by atoms with van der Waals surface area (Å²) in [5.41, 5.74) is -0.0161. The number of Topliss-reactive ketones (excluding diaryl/α,β-unsaturated/α-hetero) is 1. The Hall–Kier alpha value is -0.860. The number of carbonyl (C=O) groups is 1. The number of likely N-dealkylation sites (tertiary alicyclic amines) is 1. The SMILES string of the molecule is CC(C)(C)N1CCC(=O)CC1=N. The van der Waals surface area contributed by atoms with Crippen LogP contribution >= 0.6 is 0 Å². The van der Waals surface area contributed by atoms with Crippen molar-refractivity contribution in [2.75, 3.05) is 6.54 Å². The van der Waals surface area contributed by atoms with E-state index in [1.165, 1.54) is 0 Å². The first-order valence-corrected chi connectivity index (χ1v) is 4.28. The number of carbonyl (C=O) groups excluding carboxylic acids is 1. The molecule has 1 aliphatic rings. The van der Waals surface area contributed by atoms with Gasteiger partial charge in [0.15, 0.2) is 0 Å². The zero-order valence-electron chi connectivity index (χ0n) is 7.98. The van der Waals surface area contributed by atoms with E-state index in [1.54, 1.807) is 0 Å². The maximum Gasteiger partial charge on any atom is 0.142 e. The summed E-state index contributed by atoms with van der Waals surface area (Å²) in [6.45, 7) is 6.91. The van der Waals surface area contributed by atoms with Crippen molar-refractivity contribution in [3.05, 3.63) is 0 Å². The molecule has 1 rings (SSSR count).